The van der Waals surface area contributed by atoms with Crippen LogP contribution in [-0.2, 0) is 10.0 Å². The number of anilines is 1. The Labute approximate surface area is 167 Å². The second-order valence-corrected chi connectivity index (χ2v) is 8.97. The Morgan fingerprint density at radius 2 is 1.74 bits per heavy atom. The lowest BCUT2D eigenvalue weighted by atomic mass is 10.2. The smallest absolute Gasteiger partial charge is 0.269 e. The molecule has 1 aliphatic heterocycles. The maximum atomic E-state index is 13.0. The summed E-state index contributed by atoms with van der Waals surface area (Å²) in [4.78, 5) is 12.4. The Morgan fingerprint density at radius 3 is 2.30 bits per heavy atom. The molecule has 0 bridgehead atoms. The lowest BCUT2D eigenvalue weighted by Crippen LogP contribution is -2.54. The zero-order valence-electron chi connectivity index (χ0n) is 14.4. The zero-order chi connectivity index (χ0) is 19.8. The molecule has 1 heterocycles. The molecule has 0 N–H and O–H groups in total. The molecular weight excluding hydrogens is 413 g/mol. The topological polar surface area (TPSA) is 83.8 Å². The SMILES string of the molecule is C[C@@H]1CN(c2ccc([N+](=O)[O-])cc2)CCN1S(=O)(=O)c1ccc(Cl)c(Cl)c1. The highest BCUT2D eigenvalue weighted by atomic mass is 35.5. The van der Waals surface area contributed by atoms with E-state index in [0.717, 1.165) is 5.69 Å². The van der Waals surface area contributed by atoms with Crippen LogP contribution in [0.3, 0.4) is 0 Å². The number of hydrogen-bond donors (Lipinski definition) is 0. The standard InChI is InChI=1S/C17H17Cl2N3O4S/c1-12-11-20(13-2-4-14(5-3-13)22(23)24)8-9-21(12)27(25,26)15-6-7-16(18)17(19)10-15/h2-7,10,12H,8-9,11H2,1H3/t12-/m1/s1. The van der Waals surface area contributed by atoms with Gasteiger partial charge >= 0.3 is 0 Å². The van der Waals surface area contributed by atoms with Crippen molar-refractivity contribution in [3.63, 3.8) is 0 Å². The van der Waals surface area contributed by atoms with Gasteiger partial charge in [-0.05, 0) is 37.3 Å². The summed E-state index contributed by atoms with van der Waals surface area (Å²) in [6.07, 6.45) is 0. The Kier molecular flexibility index (Phi) is 5.62. The van der Waals surface area contributed by atoms with Crippen molar-refractivity contribution in [2.45, 2.75) is 17.9 Å². The minimum Gasteiger partial charge on any atom is -0.369 e. The number of benzene rings is 2. The fourth-order valence-corrected chi connectivity index (χ4v) is 5.09. The largest absolute Gasteiger partial charge is 0.369 e. The molecule has 1 aliphatic rings. The van der Waals surface area contributed by atoms with Crippen molar-refractivity contribution in [1.82, 2.24) is 4.31 Å². The Morgan fingerprint density at radius 1 is 1.07 bits per heavy atom. The van der Waals surface area contributed by atoms with E-state index in [2.05, 4.69) is 0 Å². The van der Waals surface area contributed by atoms with Crippen LogP contribution in [0, 0.1) is 10.1 Å². The van der Waals surface area contributed by atoms with Gasteiger partial charge in [-0.15, -0.1) is 0 Å². The number of sulfonamides is 1. The van der Waals surface area contributed by atoms with E-state index < -0.39 is 14.9 Å². The molecule has 0 aromatic heterocycles. The summed E-state index contributed by atoms with van der Waals surface area (Å²) in [5.41, 5.74) is 0.840. The van der Waals surface area contributed by atoms with Gasteiger partial charge < -0.3 is 4.90 Å². The van der Waals surface area contributed by atoms with Gasteiger partial charge in [-0.25, -0.2) is 8.42 Å². The first-order valence-corrected chi connectivity index (χ1v) is 10.4. The molecule has 144 valence electrons. The normalized spacial score (nSPS) is 18.5. The second kappa shape index (κ2) is 7.63. The average molecular weight is 430 g/mol. The van der Waals surface area contributed by atoms with E-state index >= 15 is 0 Å². The summed E-state index contributed by atoms with van der Waals surface area (Å²) >= 11 is 11.8. The maximum absolute atomic E-state index is 13.0. The number of nitrogens with zero attached hydrogens (tertiary/aromatic N) is 3. The maximum Gasteiger partial charge on any atom is 0.269 e. The predicted molar refractivity (Wildman–Crippen MR) is 105 cm³/mol. The molecule has 3 rings (SSSR count). The van der Waals surface area contributed by atoms with Crippen LogP contribution < -0.4 is 4.90 Å². The first kappa shape index (κ1) is 19.9. The first-order chi connectivity index (χ1) is 12.7. The number of non-ortho nitro benzene ring substituents is 1. The van der Waals surface area contributed by atoms with E-state index in [4.69, 9.17) is 23.2 Å². The van der Waals surface area contributed by atoms with Gasteiger partial charge in [-0.1, -0.05) is 23.2 Å². The molecule has 0 saturated carbocycles. The van der Waals surface area contributed by atoms with Gasteiger partial charge in [0.2, 0.25) is 10.0 Å². The third kappa shape index (κ3) is 4.03. The molecule has 1 fully saturated rings. The lowest BCUT2D eigenvalue weighted by Gasteiger charge is -2.40. The van der Waals surface area contributed by atoms with Crippen molar-refractivity contribution in [1.29, 1.82) is 0 Å². The van der Waals surface area contributed by atoms with Gasteiger partial charge in [-0.2, -0.15) is 4.31 Å². The van der Waals surface area contributed by atoms with Crippen molar-refractivity contribution < 1.29 is 13.3 Å². The van der Waals surface area contributed by atoms with Gasteiger partial charge in [0, 0.05) is 43.5 Å². The Hall–Kier alpha value is -1.87. The van der Waals surface area contributed by atoms with Crippen LogP contribution in [0.2, 0.25) is 10.0 Å². The quantitative estimate of drug-likeness (QED) is 0.544. The molecule has 2 aromatic carbocycles. The highest BCUT2D eigenvalue weighted by Crippen LogP contribution is 2.29. The van der Waals surface area contributed by atoms with E-state index in [9.17, 15) is 18.5 Å². The number of halogens is 2. The monoisotopic (exact) mass is 429 g/mol. The third-order valence-electron chi connectivity index (χ3n) is 4.49. The average Bonchev–Trinajstić information content (AvgIpc) is 2.63. The van der Waals surface area contributed by atoms with Crippen molar-refractivity contribution in [2.24, 2.45) is 0 Å². The van der Waals surface area contributed by atoms with Gasteiger partial charge in [0.15, 0.2) is 0 Å². The summed E-state index contributed by atoms with van der Waals surface area (Å²) in [5, 5.41) is 11.3. The van der Waals surface area contributed by atoms with Gasteiger partial charge in [0.25, 0.3) is 5.69 Å². The number of hydrogen-bond acceptors (Lipinski definition) is 5. The van der Waals surface area contributed by atoms with E-state index in [1.54, 1.807) is 12.1 Å². The molecule has 27 heavy (non-hydrogen) atoms. The fourth-order valence-electron chi connectivity index (χ4n) is 3.09. The Bertz CT molecular complexity index is 967. The van der Waals surface area contributed by atoms with Gasteiger partial charge in [0.05, 0.1) is 19.9 Å². The van der Waals surface area contributed by atoms with Gasteiger partial charge in [0.1, 0.15) is 0 Å². The molecule has 7 nitrogen and oxygen atoms in total. The summed E-state index contributed by atoms with van der Waals surface area (Å²) in [6, 6.07) is 10.2. The lowest BCUT2D eigenvalue weighted by molar-refractivity contribution is -0.384. The number of rotatable bonds is 4. The highest BCUT2D eigenvalue weighted by Gasteiger charge is 2.34. The summed E-state index contributed by atoms with van der Waals surface area (Å²) in [7, 11) is -3.70. The number of nitro groups is 1. The van der Waals surface area contributed by atoms with Crippen molar-refractivity contribution in [3.05, 3.63) is 62.6 Å². The van der Waals surface area contributed by atoms with Crippen LogP contribution in [0.4, 0.5) is 11.4 Å². The fraction of sp³-hybridized carbons (Fsp3) is 0.294. The summed E-state index contributed by atoms with van der Waals surface area (Å²) in [6.45, 7) is 3.06. The number of nitro benzene ring substituents is 1. The molecule has 1 saturated heterocycles. The third-order valence-corrected chi connectivity index (χ3v) is 7.24. The molecule has 0 unspecified atom stereocenters. The zero-order valence-corrected chi connectivity index (χ0v) is 16.7. The van der Waals surface area contributed by atoms with Crippen LogP contribution in [0.15, 0.2) is 47.4 Å². The molecule has 0 radical (unpaired) electrons. The van der Waals surface area contributed by atoms with Crippen LogP contribution in [-0.4, -0.2) is 43.3 Å². The van der Waals surface area contributed by atoms with Crippen LogP contribution in [0.5, 0.6) is 0 Å². The van der Waals surface area contributed by atoms with E-state index in [0.29, 0.717) is 24.7 Å². The van der Waals surface area contributed by atoms with Crippen molar-refractivity contribution in [3.8, 4) is 0 Å². The second-order valence-electron chi connectivity index (χ2n) is 6.26. The number of piperazine rings is 1. The molecule has 0 spiro atoms. The van der Waals surface area contributed by atoms with E-state index in [1.165, 1.54) is 34.6 Å². The van der Waals surface area contributed by atoms with Crippen molar-refractivity contribution >= 4 is 44.6 Å². The van der Waals surface area contributed by atoms with Crippen LogP contribution >= 0.6 is 23.2 Å². The molecular formula is C17H17Cl2N3O4S. The molecule has 2 aromatic rings. The van der Waals surface area contributed by atoms with Crippen LogP contribution in [0.1, 0.15) is 6.92 Å². The van der Waals surface area contributed by atoms with Gasteiger partial charge in [-0.3, -0.25) is 10.1 Å². The highest BCUT2D eigenvalue weighted by molar-refractivity contribution is 7.89. The molecule has 1 atom stereocenters. The van der Waals surface area contributed by atoms with Crippen LogP contribution in [0.25, 0.3) is 0 Å². The van der Waals surface area contributed by atoms with E-state index in [-0.39, 0.29) is 21.6 Å². The van der Waals surface area contributed by atoms with E-state index in [1.807, 2.05) is 11.8 Å². The Balaban J connectivity index is 1.78. The minimum absolute atomic E-state index is 0.0210. The molecule has 0 aliphatic carbocycles. The minimum atomic E-state index is -3.70. The molecule has 10 heteroatoms. The first-order valence-electron chi connectivity index (χ1n) is 8.16. The molecule has 0 amide bonds. The summed E-state index contributed by atoms with van der Waals surface area (Å²) in [5.74, 6) is 0. The van der Waals surface area contributed by atoms with Crippen molar-refractivity contribution in [2.75, 3.05) is 24.5 Å². The predicted octanol–water partition coefficient (Wildman–Crippen LogP) is 3.80. The summed E-state index contributed by atoms with van der Waals surface area (Å²) < 4.78 is 27.3.